The standard InChI is InChI=1S/C8H7N3O/c9-5-8(3-6(12)4-8)7-1-2-10-11-7/h1-2H,3-4H2,(H,10,11). The Hall–Kier alpha value is -1.63. The number of hydrogen-bond acceptors (Lipinski definition) is 3. The number of rotatable bonds is 1. The van der Waals surface area contributed by atoms with Crippen LogP contribution in [0.25, 0.3) is 0 Å². The van der Waals surface area contributed by atoms with Crippen molar-refractivity contribution in [3.63, 3.8) is 0 Å². The lowest BCUT2D eigenvalue weighted by Gasteiger charge is -2.32. The Morgan fingerprint density at radius 1 is 1.67 bits per heavy atom. The van der Waals surface area contributed by atoms with Crippen molar-refractivity contribution < 1.29 is 4.79 Å². The van der Waals surface area contributed by atoms with Crippen molar-refractivity contribution >= 4 is 5.78 Å². The Bertz CT molecular complexity index is 339. The maximum absolute atomic E-state index is 10.8. The van der Waals surface area contributed by atoms with E-state index in [2.05, 4.69) is 16.3 Å². The number of ketones is 1. The Morgan fingerprint density at radius 2 is 2.42 bits per heavy atom. The summed E-state index contributed by atoms with van der Waals surface area (Å²) in [5.41, 5.74) is 0.151. The summed E-state index contributed by atoms with van der Waals surface area (Å²) in [6.07, 6.45) is 2.24. The molecule has 1 fully saturated rings. The van der Waals surface area contributed by atoms with Crippen molar-refractivity contribution in [3.8, 4) is 6.07 Å². The first-order valence-corrected chi connectivity index (χ1v) is 3.70. The number of nitriles is 1. The predicted octanol–water partition coefficient (Wildman–Crippen LogP) is 0.534. The minimum atomic E-state index is -0.604. The first-order chi connectivity index (χ1) is 5.77. The second-order valence-corrected chi connectivity index (χ2v) is 3.06. The maximum atomic E-state index is 10.8. The first-order valence-electron chi connectivity index (χ1n) is 3.70. The third kappa shape index (κ3) is 0.766. The number of nitrogens with zero attached hydrogens (tertiary/aromatic N) is 2. The lowest BCUT2D eigenvalue weighted by molar-refractivity contribution is -0.126. The van der Waals surface area contributed by atoms with E-state index in [1.807, 2.05) is 0 Å². The van der Waals surface area contributed by atoms with Crippen LogP contribution in [0.3, 0.4) is 0 Å². The van der Waals surface area contributed by atoms with Crippen molar-refractivity contribution in [1.82, 2.24) is 10.2 Å². The molecule has 0 bridgehead atoms. The Kier molecular flexibility index (Phi) is 1.28. The van der Waals surface area contributed by atoms with Crippen LogP contribution in [0.15, 0.2) is 12.3 Å². The number of H-pyrrole nitrogens is 1. The molecule has 0 saturated heterocycles. The van der Waals surface area contributed by atoms with E-state index in [1.54, 1.807) is 12.3 Å². The number of Topliss-reactive ketones (excluding diaryl/α,β-unsaturated/α-hetero) is 1. The van der Waals surface area contributed by atoms with Gasteiger partial charge in [0.15, 0.2) is 0 Å². The quantitative estimate of drug-likeness (QED) is 0.653. The molecule has 0 unspecified atom stereocenters. The fraction of sp³-hybridized carbons (Fsp3) is 0.375. The maximum Gasteiger partial charge on any atom is 0.136 e. The fourth-order valence-electron chi connectivity index (χ4n) is 1.47. The molecule has 4 nitrogen and oxygen atoms in total. The number of hydrogen-bond donors (Lipinski definition) is 1. The highest BCUT2D eigenvalue weighted by Gasteiger charge is 2.46. The van der Waals surface area contributed by atoms with E-state index in [-0.39, 0.29) is 5.78 Å². The average molecular weight is 161 g/mol. The molecule has 1 aliphatic rings. The summed E-state index contributed by atoms with van der Waals surface area (Å²) in [6.45, 7) is 0. The van der Waals surface area contributed by atoms with Crippen molar-refractivity contribution in [1.29, 1.82) is 5.26 Å². The second-order valence-electron chi connectivity index (χ2n) is 3.06. The lowest BCUT2D eigenvalue weighted by atomic mass is 9.67. The molecule has 1 saturated carbocycles. The zero-order valence-electron chi connectivity index (χ0n) is 6.37. The largest absolute Gasteiger partial charge is 0.300 e. The predicted molar refractivity (Wildman–Crippen MR) is 40.1 cm³/mol. The van der Waals surface area contributed by atoms with Crippen LogP contribution in [0.2, 0.25) is 0 Å². The number of carbonyl (C=O) groups is 1. The van der Waals surface area contributed by atoms with Crippen molar-refractivity contribution in [2.75, 3.05) is 0 Å². The summed E-state index contributed by atoms with van der Waals surface area (Å²) in [5, 5.41) is 15.4. The lowest BCUT2D eigenvalue weighted by Crippen LogP contribution is -2.40. The molecular formula is C8H7N3O. The summed E-state index contributed by atoms with van der Waals surface area (Å²) < 4.78 is 0. The minimum Gasteiger partial charge on any atom is -0.300 e. The van der Waals surface area contributed by atoms with Crippen LogP contribution in [0.4, 0.5) is 0 Å². The van der Waals surface area contributed by atoms with E-state index in [1.165, 1.54) is 0 Å². The van der Waals surface area contributed by atoms with Gasteiger partial charge in [-0.15, -0.1) is 0 Å². The first kappa shape index (κ1) is 7.04. The van der Waals surface area contributed by atoms with Gasteiger partial charge in [-0.2, -0.15) is 10.4 Å². The van der Waals surface area contributed by atoms with Gasteiger partial charge >= 0.3 is 0 Å². The summed E-state index contributed by atoms with van der Waals surface area (Å²) in [6, 6.07) is 3.90. The van der Waals surface area contributed by atoms with Gasteiger partial charge in [0.2, 0.25) is 0 Å². The van der Waals surface area contributed by atoms with Gasteiger partial charge in [0.05, 0.1) is 11.8 Å². The van der Waals surface area contributed by atoms with Crippen LogP contribution < -0.4 is 0 Å². The third-order valence-corrected chi connectivity index (χ3v) is 2.23. The zero-order valence-corrected chi connectivity index (χ0v) is 6.37. The summed E-state index contributed by atoms with van der Waals surface area (Å²) in [7, 11) is 0. The number of aromatic amines is 1. The summed E-state index contributed by atoms with van der Waals surface area (Å²) >= 11 is 0. The Balaban J connectivity index is 2.34. The molecule has 1 aromatic heterocycles. The van der Waals surface area contributed by atoms with Crippen LogP contribution in [-0.4, -0.2) is 16.0 Å². The van der Waals surface area contributed by atoms with Crippen LogP contribution in [-0.2, 0) is 10.2 Å². The van der Waals surface area contributed by atoms with Crippen molar-refractivity contribution in [2.24, 2.45) is 0 Å². The Morgan fingerprint density at radius 3 is 2.83 bits per heavy atom. The van der Waals surface area contributed by atoms with Crippen LogP contribution in [0.1, 0.15) is 18.5 Å². The van der Waals surface area contributed by atoms with E-state index in [4.69, 9.17) is 5.26 Å². The molecule has 1 N–H and O–H groups in total. The summed E-state index contributed by atoms with van der Waals surface area (Å²) in [5.74, 6) is 0.145. The zero-order chi connectivity index (χ0) is 8.60. The van der Waals surface area contributed by atoms with Crippen molar-refractivity contribution in [2.45, 2.75) is 18.3 Å². The van der Waals surface area contributed by atoms with E-state index in [0.717, 1.165) is 5.69 Å². The van der Waals surface area contributed by atoms with Gasteiger partial charge in [-0.1, -0.05) is 0 Å². The molecule has 0 aliphatic heterocycles. The fourth-order valence-corrected chi connectivity index (χ4v) is 1.47. The van der Waals surface area contributed by atoms with E-state index in [9.17, 15) is 4.79 Å². The van der Waals surface area contributed by atoms with Gasteiger partial charge in [0.1, 0.15) is 11.2 Å². The second kappa shape index (κ2) is 2.18. The third-order valence-electron chi connectivity index (χ3n) is 2.23. The average Bonchev–Trinajstić information content (AvgIpc) is 2.50. The van der Waals surface area contributed by atoms with Gasteiger partial charge in [0, 0.05) is 19.0 Å². The highest BCUT2D eigenvalue weighted by Crippen LogP contribution is 2.39. The normalized spacial score (nSPS) is 19.8. The molecule has 2 rings (SSSR count). The number of aromatic nitrogens is 2. The smallest absolute Gasteiger partial charge is 0.136 e. The van der Waals surface area contributed by atoms with Gasteiger partial charge in [-0.3, -0.25) is 9.89 Å². The molecule has 12 heavy (non-hydrogen) atoms. The molecule has 60 valence electrons. The van der Waals surface area contributed by atoms with E-state index in [0.29, 0.717) is 12.8 Å². The van der Waals surface area contributed by atoms with Gasteiger partial charge < -0.3 is 0 Å². The molecule has 0 atom stereocenters. The van der Waals surface area contributed by atoms with Gasteiger partial charge in [0.25, 0.3) is 0 Å². The molecule has 1 aliphatic carbocycles. The molecule has 1 heterocycles. The van der Waals surface area contributed by atoms with E-state index < -0.39 is 5.41 Å². The van der Waals surface area contributed by atoms with Crippen LogP contribution >= 0.6 is 0 Å². The number of carbonyl (C=O) groups excluding carboxylic acids is 1. The van der Waals surface area contributed by atoms with Crippen LogP contribution in [0, 0.1) is 11.3 Å². The minimum absolute atomic E-state index is 0.145. The molecule has 0 amide bonds. The summed E-state index contributed by atoms with van der Waals surface area (Å²) in [4.78, 5) is 10.8. The molecule has 0 aromatic carbocycles. The van der Waals surface area contributed by atoms with Gasteiger partial charge in [-0.05, 0) is 6.07 Å². The SMILES string of the molecule is N#CC1(c2ccn[nH]2)CC(=O)C1. The van der Waals surface area contributed by atoms with Gasteiger partial charge in [-0.25, -0.2) is 0 Å². The molecular weight excluding hydrogens is 154 g/mol. The molecule has 4 heteroatoms. The molecule has 1 aromatic rings. The topological polar surface area (TPSA) is 69.5 Å². The Labute approximate surface area is 69.2 Å². The monoisotopic (exact) mass is 161 g/mol. The van der Waals surface area contributed by atoms with Crippen molar-refractivity contribution in [3.05, 3.63) is 18.0 Å². The molecule has 0 radical (unpaired) electrons. The molecule has 0 spiro atoms. The highest BCUT2D eigenvalue weighted by atomic mass is 16.1. The van der Waals surface area contributed by atoms with Crippen LogP contribution in [0.5, 0.6) is 0 Å². The number of nitrogens with one attached hydrogen (secondary N) is 1. The highest BCUT2D eigenvalue weighted by molar-refractivity contribution is 5.89. The van der Waals surface area contributed by atoms with E-state index >= 15 is 0 Å².